The summed E-state index contributed by atoms with van der Waals surface area (Å²) >= 11 is 5.80. The van der Waals surface area contributed by atoms with Gasteiger partial charge in [0.15, 0.2) is 0 Å². The highest BCUT2D eigenvalue weighted by Crippen LogP contribution is 2.23. The highest BCUT2D eigenvalue weighted by molar-refractivity contribution is 7.92. The Kier molecular flexibility index (Phi) is 5.31. The van der Waals surface area contributed by atoms with E-state index in [1.54, 1.807) is 24.3 Å². The number of rotatable bonds is 5. The Hall–Kier alpha value is -1.72. The molecule has 128 valence electrons. The van der Waals surface area contributed by atoms with Crippen LogP contribution in [0.25, 0.3) is 0 Å². The van der Waals surface area contributed by atoms with Gasteiger partial charge < -0.3 is 5.32 Å². The van der Waals surface area contributed by atoms with Crippen molar-refractivity contribution < 1.29 is 8.42 Å². The average Bonchev–Trinajstić information content (AvgIpc) is 2.58. The fourth-order valence-electron chi connectivity index (χ4n) is 2.94. The summed E-state index contributed by atoms with van der Waals surface area (Å²) in [6, 6.07) is 14.0. The molecule has 1 saturated carbocycles. The van der Waals surface area contributed by atoms with E-state index in [1.165, 1.54) is 44.2 Å². The number of halogens is 1. The van der Waals surface area contributed by atoms with Crippen molar-refractivity contribution in [3.05, 3.63) is 53.6 Å². The van der Waals surface area contributed by atoms with Crippen molar-refractivity contribution in [2.75, 3.05) is 10.0 Å². The molecule has 0 radical (unpaired) electrons. The summed E-state index contributed by atoms with van der Waals surface area (Å²) < 4.78 is 27.3. The van der Waals surface area contributed by atoms with Gasteiger partial charge in [-0.05, 0) is 61.4 Å². The highest BCUT2D eigenvalue weighted by atomic mass is 35.5. The van der Waals surface area contributed by atoms with Crippen LogP contribution in [0.2, 0.25) is 5.02 Å². The molecular formula is C18H21ClN2O2S. The minimum atomic E-state index is -3.60. The summed E-state index contributed by atoms with van der Waals surface area (Å²) in [7, 11) is -3.60. The molecule has 0 saturated heterocycles. The second kappa shape index (κ2) is 7.45. The molecule has 2 aromatic carbocycles. The van der Waals surface area contributed by atoms with E-state index in [0.717, 1.165) is 5.69 Å². The summed E-state index contributed by atoms with van der Waals surface area (Å²) in [5, 5.41) is 4.02. The maximum Gasteiger partial charge on any atom is 0.261 e. The number of nitrogens with one attached hydrogen (secondary N) is 2. The smallest absolute Gasteiger partial charge is 0.261 e. The standard InChI is InChI=1S/C18H21ClN2O2S/c19-14-6-12-18(13-7-14)24(22,23)21-17-10-8-16(9-11-17)20-15-4-2-1-3-5-15/h6-13,15,20-21H,1-5H2. The number of anilines is 2. The molecule has 24 heavy (non-hydrogen) atoms. The quantitative estimate of drug-likeness (QED) is 0.794. The Balaban J connectivity index is 1.66. The van der Waals surface area contributed by atoms with E-state index in [2.05, 4.69) is 10.0 Å². The molecule has 0 unspecified atom stereocenters. The van der Waals surface area contributed by atoms with Crippen LogP contribution in [-0.4, -0.2) is 14.5 Å². The van der Waals surface area contributed by atoms with Gasteiger partial charge in [0.05, 0.1) is 4.90 Å². The van der Waals surface area contributed by atoms with E-state index >= 15 is 0 Å². The van der Waals surface area contributed by atoms with Crippen LogP contribution in [-0.2, 0) is 10.0 Å². The first kappa shape index (κ1) is 17.1. The molecule has 4 nitrogen and oxygen atoms in total. The number of hydrogen-bond donors (Lipinski definition) is 2. The fourth-order valence-corrected chi connectivity index (χ4v) is 4.13. The average molecular weight is 365 g/mol. The van der Waals surface area contributed by atoms with Gasteiger partial charge >= 0.3 is 0 Å². The highest BCUT2D eigenvalue weighted by Gasteiger charge is 2.15. The summed E-state index contributed by atoms with van der Waals surface area (Å²) in [5.74, 6) is 0. The second-order valence-corrected chi connectivity index (χ2v) is 8.23. The largest absolute Gasteiger partial charge is 0.382 e. The lowest BCUT2D eigenvalue weighted by atomic mass is 9.95. The summed E-state index contributed by atoms with van der Waals surface area (Å²) in [6.07, 6.45) is 6.27. The molecule has 0 heterocycles. The van der Waals surface area contributed by atoms with Crippen LogP contribution < -0.4 is 10.0 Å². The summed E-state index contributed by atoms with van der Waals surface area (Å²) in [4.78, 5) is 0.191. The lowest BCUT2D eigenvalue weighted by molar-refractivity contribution is 0.463. The molecule has 1 aliphatic rings. The Bertz CT molecular complexity index is 768. The molecule has 2 N–H and O–H groups in total. The SMILES string of the molecule is O=S(=O)(Nc1ccc(NC2CCCCC2)cc1)c1ccc(Cl)cc1. The van der Waals surface area contributed by atoms with Crippen molar-refractivity contribution in [1.29, 1.82) is 0 Å². The Morgan fingerprint density at radius 3 is 2.04 bits per heavy atom. The van der Waals surface area contributed by atoms with Crippen molar-refractivity contribution in [1.82, 2.24) is 0 Å². The third-order valence-electron chi connectivity index (χ3n) is 4.24. The zero-order valence-corrected chi connectivity index (χ0v) is 14.9. The van der Waals surface area contributed by atoms with E-state index in [0.29, 0.717) is 16.8 Å². The maximum absolute atomic E-state index is 12.3. The molecule has 0 amide bonds. The molecule has 0 bridgehead atoms. The van der Waals surface area contributed by atoms with Gasteiger partial charge in [0.1, 0.15) is 0 Å². The third-order valence-corrected chi connectivity index (χ3v) is 5.89. The van der Waals surface area contributed by atoms with Crippen LogP contribution in [0.5, 0.6) is 0 Å². The molecule has 1 aliphatic carbocycles. The van der Waals surface area contributed by atoms with Gasteiger partial charge in [-0.15, -0.1) is 0 Å². The second-order valence-electron chi connectivity index (χ2n) is 6.12. The normalized spacial score (nSPS) is 15.9. The maximum atomic E-state index is 12.3. The van der Waals surface area contributed by atoms with E-state index in [1.807, 2.05) is 12.1 Å². The topological polar surface area (TPSA) is 58.2 Å². The summed E-state index contributed by atoms with van der Waals surface area (Å²) in [6.45, 7) is 0. The molecule has 0 aromatic heterocycles. The van der Waals surface area contributed by atoms with Gasteiger partial charge in [-0.3, -0.25) is 4.72 Å². The first-order valence-corrected chi connectivity index (χ1v) is 10.0. The molecule has 0 aliphatic heterocycles. The van der Waals surface area contributed by atoms with Crippen LogP contribution in [0.4, 0.5) is 11.4 Å². The number of hydrogen-bond acceptors (Lipinski definition) is 3. The predicted octanol–water partition coefficient (Wildman–Crippen LogP) is 4.89. The third kappa shape index (κ3) is 4.42. The summed E-state index contributed by atoms with van der Waals surface area (Å²) in [5.41, 5.74) is 1.57. The van der Waals surface area contributed by atoms with Gasteiger partial charge in [-0.25, -0.2) is 8.42 Å². The van der Waals surface area contributed by atoms with Crippen molar-refractivity contribution in [3.8, 4) is 0 Å². The van der Waals surface area contributed by atoms with Gasteiger partial charge in [-0.1, -0.05) is 30.9 Å². The zero-order chi connectivity index (χ0) is 17.0. The number of benzene rings is 2. The lowest BCUT2D eigenvalue weighted by Gasteiger charge is -2.24. The van der Waals surface area contributed by atoms with Crippen LogP contribution in [0, 0.1) is 0 Å². The minimum absolute atomic E-state index is 0.191. The fraction of sp³-hybridized carbons (Fsp3) is 0.333. The van der Waals surface area contributed by atoms with E-state index in [4.69, 9.17) is 11.6 Å². The van der Waals surface area contributed by atoms with Crippen LogP contribution in [0.15, 0.2) is 53.4 Å². The van der Waals surface area contributed by atoms with Gasteiger partial charge in [0.25, 0.3) is 10.0 Å². The monoisotopic (exact) mass is 364 g/mol. The molecule has 3 rings (SSSR count). The van der Waals surface area contributed by atoms with E-state index in [9.17, 15) is 8.42 Å². The molecule has 0 atom stereocenters. The molecule has 6 heteroatoms. The zero-order valence-electron chi connectivity index (χ0n) is 13.3. The molecule has 2 aromatic rings. The Morgan fingerprint density at radius 2 is 1.42 bits per heavy atom. The molecular weight excluding hydrogens is 344 g/mol. The van der Waals surface area contributed by atoms with E-state index in [-0.39, 0.29) is 4.90 Å². The van der Waals surface area contributed by atoms with Crippen molar-refractivity contribution in [3.63, 3.8) is 0 Å². The first-order valence-electron chi connectivity index (χ1n) is 8.18. The molecule has 0 spiro atoms. The van der Waals surface area contributed by atoms with Crippen LogP contribution in [0.1, 0.15) is 32.1 Å². The van der Waals surface area contributed by atoms with Gasteiger partial charge in [0, 0.05) is 22.4 Å². The van der Waals surface area contributed by atoms with Crippen molar-refractivity contribution in [2.45, 2.75) is 43.0 Å². The Labute approximate surface area is 148 Å². The van der Waals surface area contributed by atoms with Crippen molar-refractivity contribution >= 4 is 33.0 Å². The number of sulfonamides is 1. The van der Waals surface area contributed by atoms with Crippen LogP contribution in [0.3, 0.4) is 0 Å². The minimum Gasteiger partial charge on any atom is -0.382 e. The van der Waals surface area contributed by atoms with Gasteiger partial charge in [0.2, 0.25) is 0 Å². The van der Waals surface area contributed by atoms with Crippen molar-refractivity contribution in [2.24, 2.45) is 0 Å². The van der Waals surface area contributed by atoms with E-state index < -0.39 is 10.0 Å². The Morgan fingerprint density at radius 1 is 0.833 bits per heavy atom. The molecule has 1 fully saturated rings. The lowest BCUT2D eigenvalue weighted by Crippen LogP contribution is -2.22. The first-order chi connectivity index (χ1) is 11.5. The van der Waals surface area contributed by atoms with Crippen LogP contribution >= 0.6 is 11.6 Å². The predicted molar refractivity (Wildman–Crippen MR) is 99.2 cm³/mol. The van der Waals surface area contributed by atoms with Gasteiger partial charge in [-0.2, -0.15) is 0 Å².